The van der Waals surface area contributed by atoms with Crippen LogP contribution >= 0.6 is 20.7 Å². The van der Waals surface area contributed by atoms with Crippen molar-refractivity contribution in [2.45, 2.75) is 12.8 Å². The van der Waals surface area contributed by atoms with Crippen molar-refractivity contribution in [3.8, 4) is 0 Å². The molecule has 0 aromatic rings. The van der Waals surface area contributed by atoms with Crippen molar-refractivity contribution in [3.63, 3.8) is 0 Å². The Morgan fingerprint density at radius 1 is 0.643 bits per heavy atom. The first-order chi connectivity index (χ1) is 7.00. The highest BCUT2D eigenvalue weighted by atomic mass is 127. The molecule has 0 nitrogen and oxygen atoms in total. The molecule has 0 aromatic carbocycles. The molecule has 0 spiro atoms. The summed E-state index contributed by atoms with van der Waals surface area (Å²) in [5.41, 5.74) is 0. The largest absolute Gasteiger partial charge is 0.0937 e. The van der Waals surface area contributed by atoms with Crippen LogP contribution in [0, 0.1) is 0 Å². The Bertz CT molecular complexity index is 269. The number of allylic oxidation sites excluding steroid dienone is 9. The molecule has 0 radical (unpaired) electrons. The van der Waals surface area contributed by atoms with Crippen LogP contribution in [-0.2, 0) is 0 Å². The molecule has 0 N–H and O–H groups in total. The summed E-state index contributed by atoms with van der Waals surface area (Å²) in [6.45, 7) is 0. The number of rotatable bonds is 0. The van der Waals surface area contributed by atoms with E-state index >= 15 is 0 Å². The first-order valence-electron chi connectivity index (χ1n) is 4.75. The van der Waals surface area contributed by atoms with Gasteiger partial charge in [0.1, 0.15) is 0 Å². The second kappa shape index (κ2) is 8.88. The molecule has 0 unspecified atom stereocenters. The smallest absolute Gasteiger partial charge is 0.0287 e. The van der Waals surface area contributed by atoms with Crippen molar-refractivity contribution in [1.29, 1.82) is 0 Å². The molecule has 0 aromatic heterocycles. The Kier molecular flexibility index (Phi) is 7.21. The highest BCUT2D eigenvalue weighted by Crippen LogP contribution is 1.99. The molecule has 1 aliphatic heterocycles. The van der Waals surface area contributed by atoms with E-state index in [0.29, 0.717) is 0 Å². The second-order valence-electron chi connectivity index (χ2n) is 2.77. The monoisotopic (exact) mass is 298 g/mol. The minimum atomic E-state index is 0.107. The lowest BCUT2D eigenvalue weighted by Gasteiger charge is -1.84. The van der Waals surface area contributed by atoms with E-state index in [1.807, 2.05) is 0 Å². The van der Waals surface area contributed by atoms with E-state index in [1.165, 1.54) is 0 Å². The molecule has 0 saturated heterocycles. The Hall–Kier alpha value is -0.700. The van der Waals surface area contributed by atoms with Crippen LogP contribution in [-0.4, -0.2) is 4.01 Å². The minimum absolute atomic E-state index is 0.107. The molecule has 1 heterocycles. The maximum absolute atomic E-state index is 2.27. The molecule has 1 rings (SSSR count). The summed E-state index contributed by atoms with van der Waals surface area (Å²) >= 11 is 0.107. The van der Waals surface area contributed by atoms with Crippen LogP contribution in [0.4, 0.5) is 0 Å². The molecule has 0 atom stereocenters. The average molecular weight is 298 g/mol. The van der Waals surface area contributed by atoms with Gasteiger partial charge in [-0.3, -0.25) is 0 Å². The third-order valence-electron chi connectivity index (χ3n) is 1.62. The summed E-state index contributed by atoms with van der Waals surface area (Å²) in [5, 5.41) is 0. The van der Waals surface area contributed by atoms with Crippen molar-refractivity contribution in [3.05, 3.63) is 58.8 Å². The normalized spacial score (nSPS) is 24.6. The molecule has 0 aliphatic carbocycles. The number of hydrogen-bond donors (Lipinski definition) is 0. The van der Waals surface area contributed by atoms with Crippen molar-refractivity contribution in [2.24, 2.45) is 0 Å². The average Bonchev–Trinajstić information content (AvgIpc) is 2.22. The van der Waals surface area contributed by atoms with Crippen LogP contribution in [0.15, 0.2) is 58.8 Å². The predicted molar refractivity (Wildman–Crippen MR) is 75.0 cm³/mol. The Morgan fingerprint density at radius 3 is 2.14 bits per heavy atom. The fourth-order valence-electron chi connectivity index (χ4n) is 0.944. The van der Waals surface area contributed by atoms with E-state index in [4.69, 9.17) is 0 Å². The van der Waals surface area contributed by atoms with Gasteiger partial charge in [0.25, 0.3) is 0 Å². The summed E-state index contributed by atoms with van der Waals surface area (Å²) in [7, 11) is 0. The molecule has 74 valence electrons. The summed E-state index contributed by atoms with van der Waals surface area (Å²) < 4.78 is 4.52. The van der Waals surface area contributed by atoms with Gasteiger partial charge in [-0.15, -0.1) is 0 Å². The van der Waals surface area contributed by atoms with Crippen LogP contribution in [0.5, 0.6) is 0 Å². The van der Waals surface area contributed by atoms with Gasteiger partial charge in [-0.05, 0) is 20.9 Å². The van der Waals surface area contributed by atoms with Gasteiger partial charge < -0.3 is 0 Å². The molecular weight excluding hydrogens is 283 g/mol. The lowest BCUT2D eigenvalue weighted by atomic mass is 10.2. The maximum Gasteiger partial charge on any atom is -0.0287 e. The standard InChI is InChI=1S/C13H15I/c1-2-4-6-8-10-12-14-13-11-9-7-5-3-1/h1-2,4,6-13H,3,5H2/b2-1+,6-4?,9-7-,10-8?,13-11+. The highest BCUT2D eigenvalue weighted by molar-refractivity contribution is 14.2. The SMILES string of the molecule is C1=CC=I/C=C/C=C\CC/C=C/C=C1. The first-order valence-corrected chi connectivity index (χ1v) is 7.24. The van der Waals surface area contributed by atoms with Crippen molar-refractivity contribution in [1.82, 2.24) is 0 Å². The van der Waals surface area contributed by atoms with Crippen molar-refractivity contribution < 1.29 is 0 Å². The summed E-state index contributed by atoms with van der Waals surface area (Å²) in [6.07, 6.45) is 21.4. The Labute approximate surface area is 96.2 Å². The summed E-state index contributed by atoms with van der Waals surface area (Å²) in [6, 6.07) is 0. The van der Waals surface area contributed by atoms with E-state index < -0.39 is 0 Å². The number of hydrogen-bond acceptors (Lipinski definition) is 0. The summed E-state index contributed by atoms with van der Waals surface area (Å²) in [4.78, 5) is 0. The molecule has 0 saturated carbocycles. The maximum atomic E-state index is 2.27. The van der Waals surface area contributed by atoms with E-state index in [-0.39, 0.29) is 20.7 Å². The van der Waals surface area contributed by atoms with Gasteiger partial charge in [0, 0.05) is 0 Å². The zero-order chi connectivity index (χ0) is 9.90. The lowest BCUT2D eigenvalue weighted by Crippen LogP contribution is -1.63. The molecule has 1 heteroatoms. The van der Waals surface area contributed by atoms with E-state index in [9.17, 15) is 0 Å². The van der Waals surface area contributed by atoms with Gasteiger partial charge in [-0.2, -0.15) is 0 Å². The van der Waals surface area contributed by atoms with Gasteiger partial charge in [-0.25, -0.2) is 0 Å². The van der Waals surface area contributed by atoms with E-state index in [0.717, 1.165) is 12.8 Å². The predicted octanol–water partition coefficient (Wildman–Crippen LogP) is 4.29. The molecule has 14 heavy (non-hydrogen) atoms. The first kappa shape index (κ1) is 11.4. The van der Waals surface area contributed by atoms with E-state index in [1.54, 1.807) is 0 Å². The zero-order valence-corrected chi connectivity index (χ0v) is 10.3. The van der Waals surface area contributed by atoms with E-state index in [2.05, 4.69) is 62.8 Å². The van der Waals surface area contributed by atoms with Crippen molar-refractivity contribution >= 4 is 24.7 Å². The van der Waals surface area contributed by atoms with Gasteiger partial charge in [-0.1, -0.05) is 75.4 Å². The fraction of sp³-hybridized carbons (Fsp3) is 0.154. The van der Waals surface area contributed by atoms with Gasteiger partial charge in [0.05, 0.1) is 0 Å². The topological polar surface area (TPSA) is 0 Å². The second-order valence-corrected chi connectivity index (χ2v) is 4.93. The molecular formula is C13H15I. The summed E-state index contributed by atoms with van der Waals surface area (Å²) in [5.74, 6) is 0. The third-order valence-corrected chi connectivity index (χ3v) is 3.28. The molecule has 0 amide bonds. The quantitative estimate of drug-likeness (QED) is 0.585. The highest BCUT2D eigenvalue weighted by Gasteiger charge is 1.74. The van der Waals surface area contributed by atoms with Crippen LogP contribution in [0.2, 0.25) is 0 Å². The van der Waals surface area contributed by atoms with Gasteiger partial charge in [0.2, 0.25) is 0 Å². The van der Waals surface area contributed by atoms with Crippen molar-refractivity contribution in [2.75, 3.05) is 0 Å². The van der Waals surface area contributed by atoms with Crippen LogP contribution in [0.1, 0.15) is 12.8 Å². The van der Waals surface area contributed by atoms with Crippen LogP contribution in [0.3, 0.4) is 0 Å². The van der Waals surface area contributed by atoms with Crippen LogP contribution in [0.25, 0.3) is 0 Å². The minimum Gasteiger partial charge on any atom is -0.0937 e. The Morgan fingerprint density at radius 2 is 1.29 bits per heavy atom. The van der Waals surface area contributed by atoms with Crippen LogP contribution < -0.4 is 0 Å². The Balaban J connectivity index is 2.56. The fourth-order valence-corrected chi connectivity index (χ4v) is 2.14. The molecule has 0 fully saturated rings. The molecule has 1 aliphatic rings. The molecule has 0 bridgehead atoms. The third kappa shape index (κ3) is 6.78. The zero-order valence-electron chi connectivity index (χ0n) is 8.14. The van der Waals surface area contributed by atoms with Gasteiger partial charge >= 0.3 is 0 Å². The number of halogens is 1. The van der Waals surface area contributed by atoms with Gasteiger partial charge in [0.15, 0.2) is 0 Å². The lowest BCUT2D eigenvalue weighted by molar-refractivity contribution is 1.05.